The predicted molar refractivity (Wildman–Crippen MR) is 88.8 cm³/mol. The maximum Gasteiger partial charge on any atom is 0.118 e. The molecule has 0 aliphatic carbocycles. The molecule has 0 aliphatic rings. The smallest absolute Gasteiger partial charge is 0.118 e. The lowest BCUT2D eigenvalue weighted by Crippen LogP contribution is -2.30. The zero-order valence-electron chi connectivity index (χ0n) is 13.3. The van der Waals surface area contributed by atoms with Crippen LogP contribution < -0.4 is 4.74 Å². The van der Waals surface area contributed by atoms with Crippen LogP contribution in [0.5, 0.6) is 5.75 Å². The van der Waals surface area contributed by atoms with E-state index < -0.39 is 0 Å². The number of benzene rings is 2. The first-order valence-electron chi connectivity index (χ1n) is 7.70. The third-order valence-electron chi connectivity index (χ3n) is 4.03. The third kappa shape index (κ3) is 4.08. The van der Waals surface area contributed by atoms with Crippen molar-refractivity contribution in [3.05, 3.63) is 65.7 Å². The Morgan fingerprint density at radius 3 is 2.05 bits per heavy atom. The number of rotatable bonds is 7. The number of methoxy groups -OCH3 is 1. The van der Waals surface area contributed by atoms with Crippen LogP contribution in [0.3, 0.4) is 0 Å². The summed E-state index contributed by atoms with van der Waals surface area (Å²) in [7, 11) is 1.71. The highest BCUT2D eigenvalue weighted by atomic mass is 16.5. The highest BCUT2D eigenvalue weighted by molar-refractivity contribution is 5.30. The molecule has 112 valence electrons. The molecule has 0 bridgehead atoms. The fraction of sp³-hybridized carbons (Fsp3) is 0.368. The zero-order valence-corrected chi connectivity index (χ0v) is 13.3. The highest BCUT2D eigenvalue weighted by Gasteiger charge is 2.18. The molecule has 0 aliphatic heterocycles. The second-order valence-corrected chi connectivity index (χ2v) is 5.20. The van der Waals surface area contributed by atoms with Crippen LogP contribution in [0.1, 0.15) is 31.0 Å². The minimum atomic E-state index is 0.410. The fourth-order valence-corrected chi connectivity index (χ4v) is 2.79. The molecule has 2 aromatic rings. The lowest BCUT2D eigenvalue weighted by atomic mass is 9.97. The molecular weight excluding hydrogens is 258 g/mol. The molecule has 0 radical (unpaired) electrons. The molecule has 0 amide bonds. The van der Waals surface area contributed by atoms with Gasteiger partial charge >= 0.3 is 0 Å². The largest absolute Gasteiger partial charge is 0.497 e. The molecule has 0 spiro atoms. The molecule has 0 N–H and O–H groups in total. The lowest BCUT2D eigenvalue weighted by Gasteiger charge is -2.30. The maximum atomic E-state index is 5.27. The van der Waals surface area contributed by atoms with Crippen LogP contribution in [-0.2, 0) is 6.42 Å². The van der Waals surface area contributed by atoms with Gasteiger partial charge in [-0.15, -0.1) is 0 Å². The molecule has 2 rings (SSSR count). The average Bonchev–Trinajstić information content (AvgIpc) is 2.56. The van der Waals surface area contributed by atoms with E-state index in [1.807, 2.05) is 0 Å². The van der Waals surface area contributed by atoms with Gasteiger partial charge in [-0.25, -0.2) is 0 Å². The van der Waals surface area contributed by atoms with E-state index in [1.54, 1.807) is 7.11 Å². The van der Waals surface area contributed by atoms with Crippen LogP contribution in [-0.4, -0.2) is 25.1 Å². The van der Waals surface area contributed by atoms with Crippen molar-refractivity contribution in [1.82, 2.24) is 4.90 Å². The number of likely N-dealkylation sites (N-methyl/N-ethyl adjacent to an activating group) is 1. The van der Waals surface area contributed by atoms with Crippen molar-refractivity contribution in [3.8, 4) is 5.75 Å². The summed E-state index contributed by atoms with van der Waals surface area (Å²) in [5, 5.41) is 0. The molecule has 0 heterocycles. The van der Waals surface area contributed by atoms with Crippen LogP contribution in [0, 0.1) is 0 Å². The molecule has 1 unspecified atom stereocenters. The summed E-state index contributed by atoms with van der Waals surface area (Å²) >= 11 is 0. The van der Waals surface area contributed by atoms with Gasteiger partial charge in [-0.3, -0.25) is 4.90 Å². The standard InChI is InChI=1S/C19H25NO/c1-4-20(5-2)19(15-16-9-7-6-8-10-16)17-11-13-18(21-3)14-12-17/h6-14,19H,4-5,15H2,1-3H3. The predicted octanol–water partition coefficient (Wildman–Crippen LogP) is 4.32. The monoisotopic (exact) mass is 283 g/mol. The Labute approximate surface area is 128 Å². The summed E-state index contributed by atoms with van der Waals surface area (Å²) in [5.41, 5.74) is 2.73. The van der Waals surface area contributed by atoms with E-state index >= 15 is 0 Å². The summed E-state index contributed by atoms with van der Waals surface area (Å²) in [6.45, 7) is 6.57. The Balaban J connectivity index is 2.26. The van der Waals surface area contributed by atoms with Crippen molar-refractivity contribution >= 4 is 0 Å². The van der Waals surface area contributed by atoms with Crippen LogP contribution in [0.4, 0.5) is 0 Å². The number of hydrogen-bond acceptors (Lipinski definition) is 2. The van der Waals surface area contributed by atoms with E-state index in [9.17, 15) is 0 Å². The van der Waals surface area contributed by atoms with Gasteiger partial charge in [-0.05, 0) is 42.8 Å². The summed E-state index contributed by atoms with van der Waals surface area (Å²) < 4.78 is 5.27. The highest BCUT2D eigenvalue weighted by Crippen LogP contribution is 2.26. The number of ether oxygens (including phenoxy) is 1. The first-order chi connectivity index (χ1) is 10.3. The minimum Gasteiger partial charge on any atom is -0.497 e. The zero-order chi connectivity index (χ0) is 15.1. The van der Waals surface area contributed by atoms with Crippen LogP contribution in [0.15, 0.2) is 54.6 Å². The summed E-state index contributed by atoms with van der Waals surface area (Å²) in [4.78, 5) is 2.51. The van der Waals surface area contributed by atoms with Crippen LogP contribution >= 0.6 is 0 Å². The van der Waals surface area contributed by atoms with Crippen molar-refractivity contribution in [2.24, 2.45) is 0 Å². The van der Waals surface area contributed by atoms with E-state index in [0.717, 1.165) is 25.3 Å². The van der Waals surface area contributed by atoms with Gasteiger partial charge in [-0.2, -0.15) is 0 Å². The summed E-state index contributed by atoms with van der Waals surface area (Å²) in [6, 6.07) is 19.6. The quantitative estimate of drug-likeness (QED) is 0.750. The SMILES string of the molecule is CCN(CC)C(Cc1ccccc1)c1ccc(OC)cc1. The third-order valence-corrected chi connectivity index (χ3v) is 4.03. The summed E-state index contributed by atoms with van der Waals surface area (Å²) in [5.74, 6) is 0.914. The van der Waals surface area contributed by atoms with Gasteiger partial charge < -0.3 is 4.74 Å². The maximum absolute atomic E-state index is 5.27. The van der Waals surface area contributed by atoms with Gasteiger partial charge in [0.25, 0.3) is 0 Å². The van der Waals surface area contributed by atoms with Gasteiger partial charge in [0.1, 0.15) is 5.75 Å². The van der Waals surface area contributed by atoms with Gasteiger partial charge in [-0.1, -0.05) is 56.3 Å². The number of hydrogen-bond donors (Lipinski definition) is 0. The van der Waals surface area contributed by atoms with Crippen molar-refractivity contribution < 1.29 is 4.74 Å². The van der Waals surface area contributed by atoms with E-state index in [1.165, 1.54) is 11.1 Å². The van der Waals surface area contributed by atoms with E-state index in [-0.39, 0.29) is 0 Å². The lowest BCUT2D eigenvalue weighted by molar-refractivity contribution is 0.217. The number of nitrogens with zero attached hydrogens (tertiary/aromatic N) is 1. The molecule has 21 heavy (non-hydrogen) atoms. The first-order valence-corrected chi connectivity index (χ1v) is 7.70. The first kappa shape index (κ1) is 15.6. The van der Waals surface area contributed by atoms with Crippen LogP contribution in [0.2, 0.25) is 0 Å². The van der Waals surface area contributed by atoms with Crippen molar-refractivity contribution in [3.63, 3.8) is 0 Å². The van der Waals surface area contributed by atoms with Crippen molar-refractivity contribution in [2.75, 3.05) is 20.2 Å². The van der Waals surface area contributed by atoms with Gasteiger partial charge in [0.15, 0.2) is 0 Å². The Morgan fingerprint density at radius 2 is 1.52 bits per heavy atom. The fourth-order valence-electron chi connectivity index (χ4n) is 2.79. The Morgan fingerprint density at radius 1 is 0.905 bits per heavy atom. The molecule has 0 fully saturated rings. The molecule has 0 aromatic heterocycles. The van der Waals surface area contributed by atoms with Crippen molar-refractivity contribution in [2.45, 2.75) is 26.3 Å². The molecule has 1 atom stereocenters. The second kappa shape index (κ2) is 7.84. The van der Waals surface area contributed by atoms with E-state index in [4.69, 9.17) is 4.74 Å². The van der Waals surface area contributed by atoms with E-state index in [2.05, 4.69) is 73.3 Å². The Bertz CT molecular complexity index is 517. The molecule has 0 saturated heterocycles. The normalized spacial score (nSPS) is 12.4. The Kier molecular flexibility index (Phi) is 5.82. The van der Waals surface area contributed by atoms with Gasteiger partial charge in [0.2, 0.25) is 0 Å². The van der Waals surface area contributed by atoms with E-state index in [0.29, 0.717) is 6.04 Å². The molecule has 2 heteroatoms. The molecule has 0 saturated carbocycles. The van der Waals surface area contributed by atoms with Gasteiger partial charge in [0, 0.05) is 6.04 Å². The summed E-state index contributed by atoms with van der Waals surface area (Å²) in [6.07, 6.45) is 1.04. The topological polar surface area (TPSA) is 12.5 Å². The van der Waals surface area contributed by atoms with Crippen LogP contribution in [0.25, 0.3) is 0 Å². The second-order valence-electron chi connectivity index (χ2n) is 5.20. The Hall–Kier alpha value is -1.80. The molecule has 2 aromatic carbocycles. The van der Waals surface area contributed by atoms with Gasteiger partial charge in [0.05, 0.1) is 7.11 Å². The molecular formula is C19H25NO. The minimum absolute atomic E-state index is 0.410. The molecule has 2 nitrogen and oxygen atoms in total. The van der Waals surface area contributed by atoms with Crippen molar-refractivity contribution in [1.29, 1.82) is 0 Å². The average molecular weight is 283 g/mol.